The number of hydrogen-bond donors (Lipinski definition) is 3. The number of anilines is 2. The van der Waals surface area contributed by atoms with Crippen LogP contribution in [-0.4, -0.2) is 38.7 Å². The molecule has 1 aromatic carbocycles. The number of hydrogen-bond acceptors (Lipinski definition) is 6. The zero-order valence-electron chi connectivity index (χ0n) is 12.7. The molecular formula is C16H19N7. The largest absolute Gasteiger partial charge is 0.369 e. The van der Waals surface area contributed by atoms with E-state index >= 15 is 0 Å². The molecule has 2 aromatic heterocycles. The first-order valence-corrected chi connectivity index (χ1v) is 7.84. The Labute approximate surface area is 134 Å². The van der Waals surface area contributed by atoms with Crippen molar-refractivity contribution in [2.75, 3.05) is 24.1 Å². The monoisotopic (exact) mass is 309 g/mol. The van der Waals surface area contributed by atoms with Crippen LogP contribution in [0.4, 0.5) is 11.8 Å². The van der Waals surface area contributed by atoms with Gasteiger partial charge in [-0.3, -0.25) is 4.57 Å². The van der Waals surface area contributed by atoms with Gasteiger partial charge >= 0.3 is 0 Å². The lowest BCUT2D eigenvalue weighted by molar-refractivity contribution is 0.479. The average molecular weight is 309 g/mol. The summed E-state index contributed by atoms with van der Waals surface area (Å²) in [4.78, 5) is 13.1. The van der Waals surface area contributed by atoms with E-state index < -0.39 is 0 Å². The molecule has 23 heavy (non-hydrogen) atoms. The van der Waals surface area contributed by atoms with E-state index in [9.17, 15) is 0 Å². The van der Waals surface area contributed by atoms with Crippen LogP contribution in [0, 0.1) is 0 Å². The maximum atomic E-state index is 6.08. The molecule has 0 spiro atoms. The molecule has 0 saturated carbocycles. The lowest BCUT2D eigenvalue weighted by Crippen LogP contribution is -2.38. The number of nitrogen functional groups attached to an aromatic ring is 1. The van der Waals surface area contributed by atoms with E-state index in [0.717, 1.165) is 42.2 Å². The van der Waals surface area contributed by atoms with Crippen LogP contribution in [0.1, 0.15) is 12.8 Å². The van der Waals surface area contributed by atoms with E-state index in [-0.39, 0.29) is 0 Å². The number of para-hydroxylation sites is 2. The number of nitrogens with one attached hydrogen (secondary N) is 2. The molecule has 3 aromatic rings. The molecule has 1 aliphatic heterocycles. The first-order chi connectivity index (χ1) is 11.3. The van der Waals surface area contributed by atoms with Crippen molar-refractivity contribution in [1.82, 2.24) is 24.8 Å². The Bertz CT molecular complexity index is 820. The molecule has 1 aliphatic rings. The number of imidazole rings is 1. The molecule has 0 amide bonds. The van der Waals surface area contributed by atoms with Gasteiger partial charge in [0.15, 0.2) is 0 Å². The number of aromatic nitrogens is 4. The predicted molar refractivity (Wildman–Crippen MR) is 90.6 cm³/mol. The highest BCUT2D eigenvalue weighted by molar-refractivity contribution is 5.80. The van der Waals surface area contributed by atoms with Gasteiger partial charge in [0.25, 0.3) is 0 Å². The highest BCUT2D eigenvalue weighted by Crippen LogP contribution is 2.22. The fourth-order valence-corrected chi connectivity index (χ4v) is 3.02. The van der Waals surface area contributed by atoms with E-state index in [1.165, 1.54) is 6.42 Å². The molecular weight excluding hydrogens is 290 g/mol. The van der Waals surface area contributed by atoms with E-state index in [2.05, 4.69) is 25.6 Å². The second kappa shape index (κ2) is 5.85. The summed E-state index contributed by atoms with van der Waals surface area (Å²) in [5.74, 6) is 1.95. The topological polar surface area (TPSA) is 93.7 Å². The van der Waals surface area contributed by atoms with Crippen molar-refractivity contribution in [2.24, 2.45) is 0 Å². The fourth-order valence-electron chi connectivity index (χ4n) is 3.02. The van der Waals surface area contributed by atoms with Crippen molar-refractivity contribution in [3.8, 4) is 5.82 Å². The van der Waals surface area contributed by atoms with Crippen LogP contribution in [0.15, 0.2) is 36.7 Å². The van der Waals surface area contributed by atoms with E-state index in [1.807, 2.05) is 34.9 Å². The minimum atomic E-state index is 0.392. The normalized spacial score (nSPS) is 18.2. The molecule has 1 atom stereocenters. The van der Waals surface area contributed by atoms with Gasteiger partial charge in [-0.15, -0.1) is 0 Å². The first-order valence-electron chi connectivity index (χ1n) is 7.84. The zero-order valence-corrected chi connectivity index (χ0v) is 12.7. The van der Waals surface area contributed by atoms with Gasteiger partial charge in [-0.25, -0.2) is 15.0 Å². The van der Waals surface area contributed by atoms with Crippen LogP contribution in [0.5, 0.6) is 0 Å². The first kappa shape index (κ1) is 14.0. The highest BCUT2D eigenvalue weighted by Gasteiger charge is 2.15. The molecule has 3 heterocycles. The third-order valence-electron chi connectivity index (χ3n) is 4.12. The smallest absolute Gasteiger partial charge is 0.207 e. The summed E-state index contributed by atoms with van der Waals surface area (Å²) in [7, 11) is 0. The van der Waals surface area contributed by atoms with Crippen molar-refractivity contribution in [1.29, 1.82) is 0 Å². The van der Waals surface area contributed by atoms with Gasteiger partial charge in [-0.1, -0.05) is 12.1 Å². The third-order valence-corrected chi connectivity index (χ3v) is 4.12. The summed E-state index contributed by atoms with van der Waals surface area (Å²) in [6, 6.07) is 10.1. The minimum absolute atomic E-state index is 0.392. The summed E-state index contributed by atoms with van der Waals surface area (Å²) in [5.41, 5.74) is 7.88. The van der Waals surface area contributed by atoms with Crippen LogP contribution in [-0.2, 0) is 0 Å². The minimum Gasteiger partial charge on any atom is -0.369 e. The quantitative estimate of drug-likeness (QED) is 0.680. The molecule has 4 N–H and O–H groups in total. The van der Waals surface area contributed by atoms with Crippen LogP contribution in [0.25, 0.3) is 16.9 Å². The van der Waals surface area contributed by atoms with E-state index in [0.29, 0.717) is 12.0 Å². The molecule has 1 saturated heterocycles. The summed E-state index contributed by atoms with van der Waals surface area (Å²) < 4.78 is 1.85. The molecule has 4 rings (SSSR count). The van der Waals surface area contributed by atoms with Gasteiger partial charge in [-0.2, -0.15) is 0 Å². The van der Waals surface area contributed by atoms with Crippen molar-refractivity contribution in [3.05, 3.63) is 36.7 Å². The van der Waals surface area contributed by atoms with E-state index in [4.69, 9.17) is 5.73 Å². The predicted octanol–water partition coefficient (Wildman–Crippen LogP) is 1.56. The van der Waals surface area contributed by atoms with Crippen LogP contribution >= 0.6 is 0 Å². The third kappa shape index (κ3) is 2.70. The highest BCUT2D eigenvalue weighted by atomic mass is 15.2. The van der Waals surface area contributed by atoms with E-state index in [1.54, 1.807) is 6.33 Å². The van der Waals surface area contributed by atoms with Crippen molar-refractivity contribution >= 4 is 22.8 Å². The molecule has 1 fully saturated rings. The molecule has 0 aliphatic carbocycles. The number of piperidine rings is 1. The van der Waals surface area contributed by atoms with Gasteiger partial charge in [0.05, 0.1) is 11.0 Å². The molecule has 0 unspecified atom stereocenters. The summed E-state index contributed by atoms with van der Waals surface area (Å²) in [5, 5.41) is 6.85. The second-order valence-electron chi connectivity index (χ2n) is 5.74. The SMILES string of the molecule is Nc1nc2ccccc2n1-c1cc(N[C@H]2CCCNC2)ncn1. The van der Waals surface area contributed by atoms with Crippen LogP contribution < -0.4 is 16.4 Å². The van der Waals surface area contributed by atoms with Gasteiger partial charge < -0.3 is 16.4 Å². The Balaban J connectivity index is 1.68. The number of nitrogens with zero attached hydrogens (tertiary/aromatic N) is 4. The number of benzene rings is 1. The van der Waals surface area contributed by atoms with Gasteiger partial charge in [0.2, 0.25) is 5.95 Å². The molecule has 0 radical (unpaired) electrons. The van der Waals surface area contributed by atoms with Crippen LogP contribution in [0.3, 0.4) is 0 Å². The zero-order chi connectivity index (χ0) is 15.6. The van der Waals surface area contributed by atoms with Crippen molar-refractivity contribution in [3.63, 3.8) is 0 Å². The molecule has 7 heteroatoms. The number of nitrogens with two attached hydrogens (primary N) is 1. The van der Waals surface area contributed by atoms with Gasteiger partial charge in [-0.05, 0) is 31.5 Å². The Morgan fingerprint density at radius 1 is 1.26 bits per heavy atom. The Hall–Kier alpha value is -2.67. The standard InChI is InChI=1S/C16H19N7/c17-16-22-12-5-1-2-6-13(12)23(16)15-8-14(19-10-20-15)21-11-4-3-7-18-9-11/h1-2,5-6,8,10-11,18H,3-4,7,9H2,(H2,17,22)(H,19,20,21)/t11-/m0/s1. The molecule has 0 bridgehead atoms. The average Bonchev–Trinajstić information content (AvgIpc) is 2.92. The van der Waals surface area contributed by atoms with Gasteiger partial charge in [0, 0.05) is 18.7 Å². The number of rotatable bonds is 3. The number of fused-ring (bicyclic) bond motifs is 1. The Kier molecular flexibility index (Phi) is 3.55. The van der Waals surface area contributed by atoms with Crippen LogP contribution in [0.2, 0.25) is 0 Å². The summed E-state index contributed by atoms with van der Waals surface area (Å²) >= 11 is 0. The summed E-state index contributed by atoms with van der Waals surface area (Å²) in [6.07, 6.45) is 3.87. The molecule has 7 nitrogen and oxygen atoms in total. The lowest BCUT2D eigenvalue weighted by Gasteiger charge is -2.24. The van der Waals surface area contributed by atoms with Crippen molar-refractivity contribution in [2.45, 2.75) is 18.9 Å². The van der Waals surface area contributed by atoms with Crippen molar-refractivity contribution < 1.29 is 0 Å². The Morgan fingerprint density at radius 2 is 2.17 bits per heavy atom. The fraction of sp³-hybridized carbons (Fsp3) is 0.312. The maximum Gasteiger partial charge on any atom is 0.207 e. The van der Waals surface area contributed by atoms with Gasteiger partial charge in [0.1, 0.15) is 18.0 Å². The second-order valence-corrected chi connectivity index (χ2v) is 5.74. The summed E-state index contributed by atoms with van der Waals surface area (Å²) in [6.45, 7) is 2.04. The maximum absolute atomic E-state index is 6.08. The molecule has 118 valence electrons. The lowest BCUT2D eigenvalue weighted by atomic mass is 10.1. The Morgan fingerprint density at radius 3 is 3.04 bits per heavy atom.